The Hall–Kier alpha value is -1.61. The van der Waals surface area contributed by atoms with Crippen molar-refractivity contribution in [2.24, 2.45) is 0 Å². The zero-order valence-corrected chi connectivity index (χ0v) is 19.3. The summed E-state index contributed by atoms with van der Waals surface area (Å²) in [6.45, 7) is 0.374. The first kappa shape index (κ1) is 20.3. The molecule has 2 amide bonds. The number of carbonyl (C=O) groups excluding carboxylic acids is 1. The highest BCUT2D eigenvalue weighted by molar-refractivity contribution is 9.10. The van der Waals surface area contributed by atoms with E-state index in [-0.39, 0.29) is 19.2 Å². The minimum Gasteiger partial charge on any atom is -0.376 e. The molecule has 1 unspecified atom stereocenters. The van der Waals surface area contributed by atoms with E-state index in [2.05, 4.69) is 15.9 Å². The summed E-state index contributed by atoms with van der Waals surface area (Å²) in [4.78, 5) is 17.5. The third-order valence-corrected chi connectivity index (χ3v) is 8.01. The summed E-state index contributed by atoms with van der Waals surface area (Å²) in [6, 6.07) is 15.4. The Balaban J connectivity index is 1.76. The first-order valence-corrected chi connectivity index (χ1v) is 11.5. The van der Waals surface area contributed by atoms with Crippen molar-refractivity contribution in [2.75, 3.05) is 23.0 Å². The molecule has 1 aromatic heterocycles. The molecule has 1 N–H and O–H groups in total. The van der Waals surface area contributed by atoms with Gasteiger partial charge in [0.25, 0.3) is 0 Å². The number of benzene rings is 2. The maximum absolute atomic E-state index is 13.9. The first-order valence-electron chi connectivity index (χ1n) is 9.08. The summed E-state index contributed by atoms with van der Waals surface area (Å²) < 4.78 is 6.31. The third kappa shape index (κ3) is 2.70. The van der Waals surface area contributed by atoms with Crippen LogP contribution >= 0.6 is 50.5 Å². The highest BCUT2D eigenvalue weighted by atomic mass is 79.9. The van der Waals surface area contributed by atoms with E-state index < -0.39 is 11.3 Å². The normalized spacial score (nSPS) is 22.6. The topological polar surface area (TPSA) is 53.0 Å². The van der Waals surface area contributed by atoms with Crippen LogP contribution in [0.2, 0.25) is 10.0 Å². The number of anilines is 2. The van der Waals surface area contributed by atoms with Crippen LogP contribution in [0.25, 0.3) is 0 Å². The number of urea groups is 1. The molecule has 0 aliphatic carbocycles. The molecule has 0 radical (unpaired) electrons. The van der Waals surface area contributed by atoms with Crippen LogP contribution < -0.4 is 9.80 Å². The van der Waals surface area contributed by atoms with Gasteiger partial charge in [0.15, 0.2) is 0 Å². The molecule has 2 aromatic carbocycles. The van der Waals surface area contributed by atoms with Crippen molar-refractivity contribution in [1.29, 1.82) is 0 Å². The Morgan fingerprint density at radius 1 is 0.933 bits per heavy atom. The first-order chi connectivity index (χ1) is 14.4. The molecule has 2 aliphatic rings. The van der Waals surface area contributed by atoms with Gasteiger partial charge >= 0.3 is 6.03 Å². The zero-order valence-electron chi connectivity index (χ0n) is 15.4. The molecule has 9 heteroatoms. The Kier molecular flexibility index (Phi) is 4.89. The SMILES string of the molecule is O=C1N(c2ccc(Cl)cc2)C2(COC2)C(O)(c2sccc2Br)N1c1ccc(Cl)cc1. The average molecular weight is 526 g/mol. The van der Waals surface area contributed by atoms with Crippen molar-refractivity contribution in [3.63, 3.8) is 0 Å². The predicted molar refractivity (Wildman–Crippen MR) is 123 cm³/mol. The minimum absolute atomic E-state index is 0.187. The second-order valence-electron chi connectivity index (χ2n) is 7.20. The van der Waals surface area contributed by atoms with Gasteiger partial charge in [-0.05, 0) is 75.9 Å². The van der Waals surface area contributed by atoms with Gasteiger partial charge in [0.1, 0.15) is 5.54 Å². The van der Waals surface area contributed by atoms with Crippen molar-refractivity contribution >= 4 is 67.9 Å². The molecule has 1 atom stereocenters. The van der Waals surface area contributed by atoms with Crippen LogP contribution in [0.4, 0.5) is 16.2 Å². The maximum Gasteiger partial charge on any atom is 0.332 e. The Labute approximate surface area is 195 Å². The van der Waals surface area contributed by atoms with E-state index >= 15 is 0 Å². The maximum atomic E-state index is 13.9. The van der Waals surface area contributed by atoms with Crippen LogP contribution in [0.5, 0.6) is 0 Å². The highest BCUT2D eigenvalue weighted by Crippen LogP contribution is 2.56. The summed E-state index contributed by atoms with van der Waals surface area (Å²) >= 11 is 17.1. The molecule has 2 saturated heterocycles. The number of ether oxygens (including phenoxy) is 1. The largest absolute Gasteiger partial charge is 0.376 e. The van der Waals surface area contributed by atoms with E-state index in [1.165, 1.54) is 16.2 Å². The van der Waals surface area contributed by atoms with Crippen molar-refractivity contribution in [3.05, 3.63) is 79.4 Å². The van der Waals surface area contributed by atoms with Gasteiger partial charge in [-0.3, -0.25) is 9.80 Å². The molecular formula is C21H15BrCl2N2O3S. The molecule has 3 aromatic rings. The molecule has 5 rings (SSSR count). The lowest BCUT2D eigenvalue weighted by Crippen LogP contribution is -2.70. The molecule has 5 nitrogen and oxygen atoms in total. The number of aliphatic hydroxyl groups is 1. The van der Waals surface area contributed by atoms with Crippen LogP contribution in [0.1, 0.15) is 4.88 Å². The summed E-state index contributed by atoms with van der Waals surface area (Å²) in [7, 11) is 0. The lowest BCUT2D eigenvalue weighted by molar-refractivity contribution is -0.152. The Morgan fingerprint density at radius 3 is 1.90 bits per heavy atom. The van der Waals surface area contributed by atoms with E-state index in [9.17, 15) is 9.90 Å². The Morgan fingerprint density at radius 2 is 1.47 bits per heavy atom. The van der Waals surface area contributed by atoms with E-state index in [1.54, 1.807) is 53.4 Å². The zero-order chi connectivity index (χ0) is 21.1. The van der Waals surface area contributed by atoms with Gasteiger partial charge in [-0.1, -0.05) is 23.2 Å². The Bertz CT molecular complexity index is 1120. The van der Waals surface area contributed by atoms with Gasteiger partial charge in [-0.2, -0.15) is 0 Å². The number of carbonyl (C=O) groups is 1. The van der Waals surface area contributed by atoms with Gasteiger partial charge in [-0.25, -0.2) is 4.79 Å². The number of rotatable bonds is 3. The number of nitrogens with zero attached hydrogens (tertiary/aromatic N) is 2. The summed E-state index contributed by atoms with van der Waals surface area (Å²) in [5.74, 6) is 0. The number of amides is 2. The van der Waals surface area contributed by atoms with Crippen molar-refractivity contribution < 1.29 is 14.6 Å². The fourth-order valence-electron chi connectivity index (χ4n) is 4.10. The molecule has 2 aliphatic heterocycles. The van der Waals surface area contributed by atoms with Gasteiger partial charge in [-0.15, -0.1) is 11.3 Å². The van der Waals surface area contributed by atoms with Crippen LogP contribution in [0.3, 0.4) is 0 Å². The van der Waals surface area contributed by atoms with Gasteiger partial charge in [0.2, 0.25) is 5.72 Å². The quantitative estimate of drug-likeness (QED) is 0.464. The third-order valence-electron chi connectivity index (χ3n) is 5.57. The number of thiophene rings is 1. The second-order valence-corrected chi connectivity index (χ2v) is 9.84. The summed E-state index contributed by atoms with van der Waals surface area (Å²) in [6.07, 6.45) is 0. The molecule has 3 heterocycles. The minimum atomic E-state index is -1.66. The van der Waals surface area contributed by atoms with Crippen LogP contribution in [-0.2, 0) is 10.5 Å². The van der Waals surface area contributed by atoms with Crippen molar-refractivity contribution in [1.82, 2.24) is 0 Å². The van der Waals surface area contributed by atoms with E-state index in [0.29, 0.717) is 26.3 Å². The summed E-state index contributed by atoms with van der Waals surface area (Å²) in [5, 5.41) is 15.3. The average Bonchev–Trinajstić information content (AvgIpc) is 3.21. The fourth-order valence-corrected chi connectivity index (χ4v) is 6.18. The number of hydrogen-bond acceptors (Lipinski definition) is 4. The van der Waals surface area contributed by atoms with Crippen LogP contribution in [0.15, 0.2) is 64.5 Å². The van der Waals surface area contributed by atoms with Gasteiger partial charge in [0.05, 0.1) is 18.1 Å². The second kappa shape index (κ2) is 7.22. The predicted octanol–water partition coefficient (Wildman–Crippen LogP) is 5.88. The lowest BCUT2D eigenvalue weighted by Gasteiger charge is -2.51. The van der Waals surface area contributed by atoms with E-state index in [1.807, 2.05) is 11.4 Å². The number of halogens is 3. The van der Waals surface area contributed by atoms with Gasteiger partial charge in [0, 0.05) is 25.9 Å². The molecular weight excluding hydrogens is 511 g/mol. The van der Waals surface area contributed by atoms with E-state index in [4.69, 9.17) is 27.9 Å². The molecule has 0 saturated carbocycles. The van der Waals surface area contributed by atoms with Crippen molar-refractivity contribution in [3.8, 4) is 0 Å². The fraction of sp³-hybridized carbons (Fsp3) is 0.190. The molecule has 0 bridgehead atoms. The number of hydrogen-bond donors (Lipinski definition) is 1. The molecule has 2 fully saturated rings. The van der Waals surface area contributed by atoms with E-state index in [0.717, 1.165) is 4.47 Å². The standard InChI is InChI=1S/C21H15BrCl2N2O3S/c22-17-9-10-30-18(17)21(28)20(11-29-12-20)25(15-5-1-13(23)2-6-15)19(27)26(21)16-7-3-14(24)4-8-16/h1-10,28H,11-12H2. The summed E-state index contributed by atoms with van der Waals surface area (Å²) in [5.41, 5.74) is -1.50. The molecule has 30 heavy (non-hydrogen) atoms. The lowest BCUT2D eigenvalue weighted by atomic mass is 9.82. The molecule has 154 valence electrons. The van der Waals surface area contributed by atoms with Crippen LogP contribution in [-0.4, -0.2) is 29.9 Å². The monoisotopic (exact) mass is 524 g/mol. The van der Waals surface area contributed by atoms with Gasteiger partial charge < -0.3 is 9.84 Å². The van der Waals surface area contributed by atoms with Crippen molar-refractivity contribution in [2.45, 2.75) is 11.3 Å². The smallest absolute Gasteiger partial charge is 0.332 e. The molecule has 1 spiro atoms. The van der Waals surface area contributed by atoms with Crippen LogP contribution in [0, 0.1) is 0 Å². The highest BCUT2D eigenvalue weighted by Gasteiger charge is 2.73.